The molecule has 0 aromatic heterocycles. The third-order valence-electron chi connectivity index (χ3n) is 3.95. The van der Waals surface area contributed by atoms with Crippen LogP contribution in [0.5, 0.6) is 5.75 Å². The number of hydrogen-bond donors (Lipinski definition) is 3. The fraction of sp³-hybridized carbons (Fsp3) is 0.0500. The maximum atomic E-state index is 12.7. The van der Waals surface area contributed by atoms with Gasteiger partial charge >= 0.3 is 0 Å². The first-order valence-electron chi connectivity index (χ1n) is 8.57. The van der Waals surface area contributed by atoms with Crippen molar-refractivity contribution in [2.45, 2.75) is 4.90 Å². The summed E-state index contributed by atoms with van der Waals surface area (Å²) < 4.78 is 33.0. The third kappa shape index (κ3) is 5.54. The summed E-state index contributed by atoms with van der Waals surface area (Å²) >= 11 is 17.2. The quantitative estimate of drug-likeness (QED) is 0.397. The molecule has 0 atom stereocenters. The van der Waals surface area contributed by atoms with Crippen LogP contribution in [0.4, 0.5) is 17.1 Å². The average molecular weight is 482 g/mol. The van der Waals surface area contributed by atoms with Gasteiger partial charge in [0.25, 0.3) is 10.0 Å². The molecule has 30 heavy (non-hydrogen) atoms. The number of hydrogen-bond acceptors (Lipinski definition) is 4. The van der Waals surface area contributed by atoms with E-state index in [9.17, 15) is 8.42 Å². The molecule has 0 heterocycles. The Bertz CT molecular complexity index is 1170. The van der Waals surface area contributed by atoms with Crippen molar-refractivity contribution in [3.63, 3.8) is 0 Å². The van der Waals surface area contributed by atoms with Gasteiger partial charge in [-0.05, 0) is 66.8 Å². The second-order valence-electron chi connectivity index (χ2n) is 6.04. The summed E-state index contributed by atoms with van der Waals surface area (Å²) in [5, 5.41) is 7.13. The molecule has 0 unspecified atom stereocenters. The highest BCUT2D eigenvalue weighted by atomic mass is 35.5. The van der Waals surface area contributed by atoms with E-state index in [0.717, 1.165) is 0 Å². The first-order chi connectivity index (χ1) is 14.3. The first-order valence-corrected chi connectivity index (χ1v) is 11.2. The van der Waals surface area contributed by atoms with E-state index in [1.54, 1.807) is 54.6 Å². The molecule has 0 spiro atoms. The Balaban J connectivity index is 1.67. The fourth-order valence-corrected chi connectivity index (χ4v) is 4.12. The Morgan fingerprint density at radius 1 is 0.900 bits per heavy atom. The van der Waals surface area contributed by atoms with Crippen molar-refractivity contribution in [2.24, 2.45) is 0 Å². The van der Waals surface area contributed by atoms with Gasteiger partial charge in [0, 0.05) is 11.4 Å². The van der Waals surface area contributed by atoms with E-state index < -0.39 is 10.0 Å². The molecule has 0 aliphatic carbocycles. The van der Waals surface area contributed by atoms with E-state index in [1.807, 2.05) is 0 Å². The Morgan fingerprint density at radius 2 is 1.53 bits per heavy atom. The van der Waals surface area contributed by atoms with Crippen molar-refractivity contribution in [3.05, 3.63) is 76.8 Å². The number of anilines is 3. The molecule has 0 bridgehead atoms. The summed E-state index contributed by atoms with van der Waals surface area (Å²) in [7, 11) is -2.31. The van der Waals surface area contributed by atoms with Crippen LogP contribution in [0.25, 0.3) is 0 Å². The highest BCUT2D eigenvalue weighted by Gasteiger charge is 2.16. The largest absolute Gasteiger partial charge is 0.495 e. The molecular weight excluding hydrogens is 465 g/mol. The molecule has 0 saturated heterocycles. The van der Waals surface area contributed by atoms with Crippen molar-refractivity contribution in [1.82, 2.24) is 0 Å². The van der Waals surface area contributed by atoms with Crippen LogP contribution >= 0.6 is 35.4 Å². The normalized spacial score (nSPS) is 10.9. The van der Waals surface area contributed by atoms with Crippen molar-refractivity contribution >= 4 is 67.6 Å². The zero-order chi connectivity index (χ0) is 21.7. The van der Waals surface area contributed by atoms with Gasteiger partial charge in [0.1, 0.15) is 5.75 Å². The number of sulfonamides is 1. The van der Waals surface area contributed by atoms with Crippen molar-refractivity contribution in [3.8, 4) is 5.75 Å². The molecule has 3 aromatic carbocycles. The summed E-state index contributed by atoms with van der Waals surface area (Å²) in [6.45, 7) is 0. The molecule has 3 aromatic rings. The summed E-state index contributed by atoms with van der Waals surface area (Å²) in [5.74, 6) is 0.429. The predicted octanol–water partition coefficient (Wildman–Crippen LogP) is 5.61. The van der Waals surface area contributed by atoms with Crippen LogP contribution < -0.4 is 20.1 Å². The van der Waals surface area contributed by atoms with Gasteiger partial charge in [0.05, 0.1) is 27.7 Å². The van der Waals surface area contributed by atoms with Crippen LogP contribution in [0, 0.1) is 0 Å². The summed E-state index contributed by atoms with van der Waals surface area (Å²) in [5.41, 5.74) is 1.64. The molecular formula is C20H17Cl2N3O3S2. The monoisotopic (exact) mass is 481 g/mol. The van der Waals surface area contributed by atoms with E-state index in [0.29, 0.717) is 38.0 Å². The molecule has 0 aliphatic rings. The van der Waals surface area contributed by atoms with Crippen LogP contribution in [-0.4, -0.2) is 20.6 Å². The van der Waals surface area contributed by atoms with Crippen LogP contribution in [0.1, 0.15) is 0 Å². The second-order valence-corrected chi connectivity index (χ2v) is 8.94. The third-order valence-corrected chi connectivity index (χ3v) is 6.28. The predicted molar refractivity (Wildman–Crippen MR) is 127 cm³/mol. The Hall–Kier alpha value is -2.52. The minimum Gasteiger partial charge on any atom is -0.495 e. The van der Waals surface area contributed by atoms with Crippen molar-refractivity contribution < 1.29 is 13.2 Å². The van der Waals surface area contributed by atoms with E-state index in [-0.39, 0.29) is 4.90 Å². The summed E-state index contributed by atoms with van der Waals surface area (Å²) in [6.07, 6.45) is 0. The maximum Gasteiger partial charge on any atom is 0.262 e. The Labute approximate surface area is 190 Å². The van der Waals surface area contributed by atoms with Gasteiger partial charge in [-0.2, -0.15) is 0 Å². The summed E-state index contributed by atoms with van der Waals surface area (Å²) in [6, 6.07) is 18.0. The molecule has 3 N–H and O–H groups in total. The van der Waals surface area contributed by atoms with Crippen LogP contribution in [0.2, 0.25) is 10.0 Å². The van der Waals surface area contributed by atoms with Crippen molar-refractivity contribution in [1.29, 1.82) is 0 Å². The molecule has 0 saturated carbocycles. The second kappa shape index (κ2) is 9.53. The number of benzene rings is 3. The van der Waals surface area contributed by atoms with E-state index in [2.05, 4.69) is 15.4 Å². The molecule has 0 radical (unpaired) electrons. The maximum absolute atomic E-state index is 12.7. The van der Waals surface area contributed by atoms with Gasteiger partial charge in [-0.3, -0.25) is 4.72 Å². The minimum atomic E-state index is -3.78. The number of rotatable bonds is 6. The molecule has 0 aliphatic heterocycles. The highest BCUT2D eigenvalue weighted by molar-refractivity contribution is 7.92. The lowest BCUT2D eigenvalue weighted by Gasteiger charge is -2.13. The van der Waals surface area contributed by atoms with Gasteiger partial charge in [0.2, 0.25) is 0 Å². The number of methoxy groups -OCH3 is 1. The standard InChI is InChI=1S/C20H17Cl2N3O3S2/c1-28-19-5-3-2-4-18(19)25-30(26,27)15-9-6-13(7-10-15)23-20(29)24-14-8-11-16(21)17(22)12-14/h2-12,25H,1H3,(H2,23,24,29). The molecule has 156 valence electrons. The lowest BCUT2D eigenvalue weighted by molar-refractivity contribution is 0.417. The first kappa shape index (κ1) is 22.2. The number of thiocarbonyl (C=S) groups is 1. The Kier molecular flexibility index (Phi) is 7.04. The zero-order valence-corrected chi connectivity index (χ0v) is 18.8. The number of ether oxygens (including phenoxy) is 1. The lowest BCUT2D eigenvalue weighted by atomic mass is 10.3. The van der Waals surface area contributed by atoms with Crippen LogP contribution in [0.15, 0.2) is 71.6 Å². The van der Waals surface area contributed by atoms with E-state index >= 15 is 0 Å². The van der Waals surface area contributed by atoms with Gasteiger partial charge in [0.15, 0.2) is 5.11 Å². The van der Waals surface area contributed by atoms with Crippen molar-refractivity contribution in [2.75, 3.05) is 22.5 Å². The summed E-state index contributed by atoms with van der Waals surface area (Å²) in [4.78, 5) is 0.0994. The highest BCUT2D eigenvalue weighted by Crippen LogP contribution is 2.27. The molecule has 10 heteroatoms. The number of para-hydroxylation sites is 2. The Morgan fingerprint density at radius 3 is 2.20 bits per heavy atom. The van der Waals surface area contributed by atoms with Gasteiger partial charge in [-0.25, -0.2) is 8.42 Å². The molecule has 0 amide bonds. The van der Waals surface area contributed by atoms with Gasteiger partial charge in [-0.1, -0.05) is 35.3 Å². The van der Waals surface area contributed by atoms with Crippen LogP contribution in [0.3, 0.4) is 0 Å². The lowest BCUT2D eigenvalue weighted by Crippen LogP contribution is -2.19. The van der Waals surface area contributed by atoms with Gasteiger partial charge in [-0.15, -0.1) is 0 Å². The fourth-order valence-electron chi connectivity index (χ4n) is 2.52. The zero-order valence-electron chi connectivity index (χ0n) is 15.6. The molecule has 0 fully saturated rings. The van der Waals surface area contributed by atoms with E-state index in [4.69, 9.17) is 40.2 Å². The van der Waals surface area contributed by atoms with E-state index in [1.165, 1.54) is 19.2 Å². The van der Waals surface area contributed by atoms with Crippen LogP contribution in [-0.2, 0) is 10.0 Å². The SMILES string of the molecule is COc1ccccc1NS(=O)(=O)c1ccc(NC(=S)Nc2ccc(Cl)c(Cl)c2)cc1. The molecule has 3 rings (SSSR count). The average Bonchev–Trinajstić information content (AvgIpc) is 2.71. The smallest absolute Gasteiger partial charge is 0.262 e. The molecule has 6 nitrogen and oxygen atoms in total. The topological polar surface area (TPSA) is 79.5 Å². The number of halogens is 2. The minimum absolute atomic E-state index is 0.0994. The van der Waals surface area contributed by atoms with Gasteiger partial charge < -0.3 is 15.4 Å². The number of nitrogens with one attached hydrogen (secondary N) is 3.